The Balaban J connectivity index is 2.10. The summed E-state index contributed by atoms with van der Waals surface area (Å²) in [7, 11) is 2.11. The van der Waals surface area contributed by atoms with Crippen LogP contribution in [0.3, 0.4) is 0 Å². The lowest BCUT2D eigenvalue weighted by Gasteiger charge is -2.36. The van der Waals surface area contributed by atoms with E-state index in [4.69, 9.17) is 5.84 Å². The molecule has 0 fully saturated rings. The fraction of sp³-hybridized carbons (Fsp3) is 0.286. The van der Waals surface area contributed by atoms with Gasteiger partial charge >= 0.3 is 0 Å². The Morgan fingerprint density at radius 2 is 1.90 bits per heavy atom. The third kappa shape index (κ3) is 1.94. The highest BCUT2D eigenvalue weighted by Gasteiger charge is 2.23. The zero-order valence-electron chi connectivity index (χ0n) is 11.7. The quantitative estimate of drug-likeness (QED) is 0.639. The first-order valence-corrected chi connectivity index (χ1v) is 6.58. The molecule has 0 radical (unpaired) electrons. The maximum absolute atomic E-state index is 5.50. The predicted octanol–water partition coefficient (Wildman–Crippen LogP) is 1.66. The second kappa shape index (κ2) is 4.97. The Morgan fingerprint density at radius 3 is 2.65 bits per heavy atom. The molecule has 0 spiro atoms. The summed E-state index contributed by atoms with van der Waals surface area (Å²) in [6.45, 7) is 3.81. The molecule has 1 aromatic carbocycles. The van der Waals surface area contributed by atoms with Gasteiger partial charge < -0.3 is 15.2 Å². The lowest BCUT2D eigenvalue weighted by Crippen LogP contribution is -2.37. The minimum atomic E-state index is 0.659. The third-order valence-corrected chi connectivity index (χ3v) is 3.69. The maximum Gasteiger partial charge on any atom is 0.148 e. The van der Waals surface area contributed by atoms with Gasteiger partial charge in [0.05, 0.1) is 11.4 Å². The minimum absolute atomic E-state index is 0.659. The SMILES string of the molecule is Cc1c(NN)ncnc1N1CCN(C)c2ccccc21. The van der Waals surface area contributed by atoms with Gasteiger partial charge in [0.25, 0.3) is 0 Å². The van der Waals surface area contributed by atoms with E-state index in [9.17, 15) is 0 Å². The maximum atomic E-state index is 5.50. The number of hydrazine groups is 1. The lowest BCUT2D eigenvalue weighted by atomic mass is 10.1. The van der Waals surface area contributed by atoms with Gasteiger partial charge in [0.15, 0.2) is 0 Å². The summed E-state index contributed by atoms with van der Waals surface area (Å²) < 4.78 is 0. The summed E-state index contributed by atoms with van der Waals surface area (Å²) in [6, 6.07) is 8.34. The highest BCUT2D eigenvalue weighted by Crippen LogP contribution is 2.37. The van der Waals surface area contributed by atoms with Crippen LogP contribution in [0, 0.1) is 6.92 Å². The molecule has 1 aliphatic rings. The smallest absolute Gasteiger partial charge is 0.148 e. The summed E-state index contributed by atoms with van der Waals surface area (Å²) in [4.78, 5) is 13.0. The third-order valence-electron chi connectivity index (χ3n) is 3.69. The van der Waals surface area contributed by atoms with E-state index in [-0.39, 0.29) is 0 Å². The standard InChI is InChI=1S/C14H18N6/c1-10-13(18-15)16-9-17-14(10)20-8-7-19(2)11-5-3-4-6-12(11)20/h3-6,9H,7-8,15H2,1-2H3,(H,16,17,18). The van der Waals surface area contributed by atoms with E-state index in [0.717, 1.165) is 30.2 Å². The van der Waals surface area contributed by atoms with Crippen molar-refractivity contribution in [1.82, 2.24) is 9.97 Å². The van der Waals surface area contributed by atoms with Gasteiger partial charge in [-0.2, -0.15) is 0 Å². The summed E-state index contributed by atoms with van der Waals surface area (Å²) in [5, 5.41) is 0. The molecule has 20 heavy (non-hydrogen) atoms. The first kappa shape index (κ1) is 12.7. The van der Waals surface area contributed by atoms with Crippen LogP contribution in [0.15, 0.2) is 30.6 Å². The predicted molar refractivity (Wildman–Crippen MR) is 81.3 cm³/mol. The van der Waals surface area contributed by atoms with E-state index in [1.807, 2.05) is 13.0 Å². The number of hydrogen-bond donors (Lipinski definition) is 2. The molecule has 0 aliphatic carbocycles. The molecule has 3 N–H and O–H groups in total. The molecule has 0 amide bonds. The zero-order valence-corrected chi connectivity index (χ0v) is 11.7. The summed E-state index contributed by atoms with van der Waals surface area (Å²) in [5.74, 6) is 7.05. The Morgan fingerprint density at radius 1 is 1.15 bits per heavy atom. The highest BCUT2D eigenvalue weighted by molar-refractivity contribution is 5.79. The van der Waals surface area contributed by atoms with E-state index >= 15 is 0 Å². The molecule has 104 valence electrons. The number of nitrogens with two attached hydrogens (primary N) is 1. The number of benzene rings is 1. The molecule has 0 bridgehead atoms. The monoisotopic (exact) mass is 270 g/mol. The number of nitrogen functional groups attached to an aromatic ring is 1. The van der Waals surface area contributed by atoms with Crippen LogP contribution in [0.1, 0.15) is 5.56 Å². The normalized spacial score (nSPS) is 14.2. The fourth-order valence-electron chi connectivity index (χ4n) is 2.58. The van der Waals surface area contributed by atoms with Crippen molar-refractivity contribution in [2.45, 2.75) is 6.92 Å². The van der Waals surface area contributed by atoms with Crippen LogP contribution in [-0.4, -0.2) is 30.1 Å². The Bertz CT molecular complexity index is 627. The fourth-order valence-corrected chi connectivity index (χ4v) is 2.58. The van der Waals surface area contributed by atoms with Gasteiger partial charge in [0.1, 0.15) is 18.0 Å². The number of para-hydroxylation sites is 2. The molecular weight excluding hydrogens is 252 g/mol. The van der Waals surface area contributed by atoms with Crippen LogP contribution in [0.5, 0.6) is 0 Å². The number of nitrogens with one attached hydrogen (secondary N) is 1. The van der Waals surface area contributed by atoms with Crippen molar-refractivity contribution < 1.29 is 0 Å². The van der Waals surface area contributed by atoms with Crippen molar-refractivity contribution in [3.63, 3.8) is 0 Å². The summed E-state index contributed by atoms with van der Waals surface area (Å²) in [5.41, 5.74) is 5.94. The van der Waals surface area contributed by atoms with Gasteiger partial charge in [0, 0.05) is 25.7 Å². The van der Waals surface area contributed by atoms with Crippen molar-refractivity contribution in [2.24, 2.45) is 5.84 Å². The molecule has 1 aromatic heterocycles. The van der Waals surface area contributed by atoms with Crippen LogP contribution < -0.4 is 21.1 Å². The number of likely N-dealkylation sites (N-methyl/N-ethyl adjacent to an activating group) is 1. The van der Waals surface area contributed by atoms with Gasteiger partial charge in [-0.1, -0.05) is 12.1 Å². The van der Waals surface area contributed by atoms with Crippen LogP contribution in [0.4, 0.5) is 23.0 Å². The van der Waals surface area contributed by atoms with Crippen LogP contribution in [0.2, 0.25) is 0 Å². The molecule has 0 saturated carbocycles. The second-order valence-electron chi connectivity index (χ2n) is 4.88. The van der Waals surface area contributed by atoms with Crippen LogP contribution in [0.25, 0.3) is 0 Å². The van der Waals surface area contributed by atoms with Gasteiger partial charge in [-0.05, 0) is 19.1 Å². The number of aromatic nitrogens is 2. The van der Waals surface area contributed by atoms with Crippen molar-refractivity contribution in [3.8, 4) is 0 Å². The average molecular weight is 270 g/mol. The number of rotatable bonds is 2. The molecule has 0 unspecified atom stereocenters. The number of hydrogen-bond acceptors (Lipinski definition) is 6. The molecule has 2 aromatic rings. The van der Waals surface area contributed by atoms with E-state index in [0.29, 0.717) is 5.82 Å². The van der Waals surface area contributed by atoms with Crippen LogP contribution in [-0.2, 0) is 0 Å². The molecule has 3 rings (SSSR count). The number of anilines is 4. The molecule has 2 heterocycles. The number of fused-ring (bicyclic) bond motifs is 1. The van der Waals surface area contributed by atoms with Crippen molar-refractivity contribution in [1.29, 1.82) is 0 Å². The van der Waals surface area contributed by atoms with Crippen LogP contribution >= 0.6 is 0 Å². The molecule has 0 saturated heterocycles. The zero-order chi connectivity index (χ0) is 14.1. The lowest BCUT2D eigenvalue weighted by molar-refractivity contribution is 0.808. The van der Waals surface area contributed by atoms with Crippen molar-refractivity contribution in [3.05, 3.63) is 36.2 Å². The molecule has 0 atom stereocenters. The second-order valence-corrected chi connectivity index (χ2v) is 4.88. The Labute approximate surface area is 118 Å². The topological polar surface area (TPSA) is 70.3 Å². The van der Waals surface area contributed by atoms with Gasteiger partial charge in [-0.15, -0.1) is 0 Å². The first-order chi connectivity index (χ1) is 9.72. The van der Waals surface area contributed by atoms with Crippen molar-refractivity contribution >= 4 is 23.0 Å². The molecular formula is C14H18N6. The largest absolute Gasteiger partial charge is 0.371 e. The van der Waals surface area contributed by atoms with E-state index in [1.165, 1.54) is 5.69 Å². The van der Waals surface area contributed by atoms with Crippen molar-refractivity contribution in [2.75, 3.05) is 35.4 Å². The first-order valence-electron chi connectivity index (χ1n) is 6.58. The minimum Gasteiger partial charge on any atom is -0.371 e. The Kier molecular flexibility index (Phi) is 3.15. The van der Waals surface area contributed by atoms with E-state index in [1.54, 1.807) is 6.33 Å². The Hall–Kier alpha value is -2.34. The highest BCUT2D eigenvalue weighted by atomic mass is 15.3. The van der Waals surface area contributed by atoms with Gasteiger partial charge in [-0.25, -0.2) is 15.8 Å². The van der Waals surface area contributed by atoms with E-state index < -0.39 is 0 Å². The molecule has 6 heteroatoms. The average Bonchev–Trinajstić information content (AvgIpc) is 2.49. The van der Waals surface area contributed by atoms with Gasteiger partial charge in [0.2, 0.25) is 0 Å². The van der Waals surface area contributed by atoms with Gasteiger partial charge in [-0.3, -0.25) is 0 Å². The molecule has 6 nitrogen and oxygen atoms in total. The summed E-state index contributed by atoms with van der Waals surface area (Å²) in [6.07, 6.45) is 1.54. The number of nitrogens with zero attached hydrogens (tertiary/aromatic N) is 4. The molecule has 1 aliphatic heterocycles. The van der Waals surface area contributed by atoms with E-state index in [2.05, 4.69) is 50.4 Å². The summed E-state index contributed by atoms with van der Waals surface area (Å²) >= 11 is 0.